The fraction of sp³-hybridized carbons (Fsp3) is 0.471. The van der Waals surface area contributed by atoms with Crippen LogP contribution in [0.25, 0.3) is 10.1 Å². The summed E-state index contributed by atoms with van der Waals surface area (Å²) in [6.07, 6.45) is 5.38. The second-order valence-electron chi connectivity index (χ2n) is 5.61. The molecule has 1 N–H and O–H groups in total. The molecule has 2 aromatic rings. The average Bonchev–Trinajstić information content (AvgIpc) is 2.79. The first-order valence-corrected chi connectivity index (χ1v) is 8.42. The van der Waals surface area contributed by atoms with Crippen LogP contribution < -0.4 is 5.32 Å². The van der Waals surface area contributed by atoms with Crippen molar-refractivity contribution >= 4 is 27.3 Å². The minimum atomic E-state index is 0.255. The molecule has 0 unspecified atom stereocenters. The van der Waals surface area contributed by atoms with Crippen molar-refractivity contribution in [3.63, 3.8) is 0 Å². The summed E-state index contributed by atoms with van der Waals surface area (Å²) in [6, 6.07) is 6.73. The minimum Gasteiger partial charge on any atom is -0.356 e. The number of thiophene rings is 1. The average molecular weight is 287 g/mol. The Balaban J connectivity index is 1.63. The maximum Gasteiger partial charge on any atom is 0.223 e. The van der Waals surface area contributed by atoms with Crippen LogP contribution >= 0.6 is 11.3 Å². The standard InChI is InChI=1S/C17H21NOS/c1-2-12-6-7-16-15(10-12)14(11-20-16)8-9-18-17(19)13-4-3-5-13/h6-7,10-11,13H,2-5,8-9H2,1H3,(H,18,19). The molecule has 1 heterocycles. The van der Waals surface area contributed by atoms with Crippen molar-refractivity contribution in [2.45, 2.75) is 39.0 Å². The van der Waals surface area contributed by atoms with Gasteiger partial charge in [0.1, 0.15) is 0 Å². The first-order valence-electron chi connectivity index (χ1n) is 7.54. The predicted molar refractivity (Wildman–Crippen MR) is 85.3 cm³/mol. The van der Waals surface area contributed by atoms with E-state index in [1.165, 1.54) is 27.6 Å². The van der Waals surface area contributed by atoms with E-state index < -0.39 is 0 Å². The summed E-state index contributed by atoms with van der Waals surface area (Å²) in [5.74, 6) is 0.547. The molecule has 1 aliphatic rings. The SMILES string of the molecule is CCc1ccc2scc(CCNC(=O)C3CCC3)c2c1. The molecule has 0 bridgehead atoms. The third-order valence-corrected chi connectivity index (χ3v) is 5.31. The highest BCUT2D eigenvalue weighted by atomic mass is 32.1. The van der Waals surface area contributed by atoms with Crippen LogP contribution in [-0.2, 0) is 17.6 Å². The molecule has 0 spiro atoms. The molecule has 0 radical (unpaired) electrons. The van der Waals surface area contributed by atoms with Gasteiger partial charge in [0.25, 0.3) is 0 Å². The number of aryl methyl sites for hydroxylation is 1. The molecular weight excluding hydrogens is 266 g/mol. The molecule has 20 heavy (non-hydrogen) atoms. The number of benzene rings is 1. The van der Waals surface area contributed by atoms with Crippen molar-refractivity contribution in [2.24, 2.45) is 5.92 Å². The molecule has 0 atom stereocenters. The Hall–Kier alpha value is -1.35. The van der Waals surface area contributed by atoms with Crippen LogP contribution in [0.3, 0.4) is 0 Å². The van der Waals surface area contributed by atoms with E-state index >= 15 is 0 Å². The molecule has 0 saturated heterocycles. The third kappa shape index (κ3) is 2.73. The summed E-state index contributed by atoms with van der Waals surface area (Å²) in [5.41, 5.74) is 2.75. The Morgan fingerprint density at radius 1 is 1.40 bits per heavy atom. The van der Waals surface area contributed by atoms with Gasteiger partial charge in [-0.1, -0.05) is 25.5 Å². The maximum absolute atomic E-state index is 11.8. The Bertz CT molecular complexity index is 612. The van der Waals surface area contributed by atoms with Crippen molar-refractivity contribution in [2.75, 3.05) is 6.54 Å². The van der Waals surface area contributed by atoms with E-state index in [1.807, 2.05) is 0 Å². The summed E-state index contributed by atoms with van der Waals surface area (Å²) in [4.78, 5) is 11.8. The lowest BCUT2D eigenvalue weighted by molar-refractivity contribution is -0.127. The molecule has 1 amide bonds. The summed E-state index contributed by atoms with van der Waals surface area (Å²) in [6.45, 7) is 2.95. The quantitative estimate of drug-likeness (QED) is 0.887. The Kier molecular flexibility index (Phi) is 4.06. The number of hydrogen-bond donors (Lipinski definition) is 1. The number of rotatable bonds is 5. The van der Waals surface area contributed by atoms with E-state index in [0.717, 1.165) is 32.2 Å². The highest BCUT2D eigenvalue weighted by Gasteiger charge is 2.24. The summed E-state index contributed by atoms with van der Waals surface area (Å²) < 4.78 is 1.35. The van der Waals surface area contributed by atoms with Gasteiger partial charge in [0, 0.05) is 17.2 Å². The molecule has 106 valence electrons. The van der Waals surface area contributed by atoms with Gasteiger partial charge in [0.15, 0.2) is 0 Å². The number of nitrogens with one attached hydrogen (secondary N) is 1. The van der Waals surface area contributed by atoms with Gasteiger partial charge in [-0.2, -0.15) is 0 Å². The second kappa shape index (κ2) is 5.96. The van der Waals surface area contributed by atoms with Crippen LogP contribution in [0.5, 0.6) is 0 Å². The van der Waals surface area contributed by atoms with E-state index in [4.69, 9.17) is 0 Å². The van der Waals surface area contributed by atoms with Crippen LogP contribution in [0.15, 0.2) is 23.6 Å². The normalized spacial score (nSPS) is 15.2. The molecule has 3 heteroatoms. The molecule has 1 fully saturated rings. The molecule has 3 rings (SSSR count). The number of fused-ring (bicyclic) bond motifs is 1. The van der Waals surface area contributed by atoms with E-state index in [2.05, 4.69) is 35.8 Å². The highest BCUT2D eigenvalue weighted by molar-refractivity contribution is 7.17. The van der Waals surface area contributed by atoms with Crippen molar-refractivity contribution in [3.05, 3.63) is 34.7 Å². The van der Waals surface area contributed by atoms with Crippen LogP contribution in [0.4, 0.5) is 0 Å². The lowest BCUT2D eigenvalue weighted by atomic mass is 9.85. The van der Waals surface area contributed by atoms with Gasteiger partial charge in [-0.15, -0.1) is 11.3 Å². The van der Waals surface area contributed by atoms with Crippen LogP contribution in [-0.4, -0.2) is 12.5 Å². The molecule has 1 aromatic heterocycles. The zero-order chi connectivity index (χ0) is 13.9. The smallest absolute Gasteiger partial charge is 0.223 e. The van der Waals surface area contributed by atoms with Gasteiger partial charge in [-0.3, -0.25) is 4.79 Å². The van der Waals surface area contributed by atoms with Crippen molar-refractivity contribution in [1.29, 1.82) is 0 Å². The fourth-order valence-corrected chi connectivity index (χ4v) is 3.66. The van der Waals surface area contributed by atoms with Gasteiger partial charge in [0.2, 0.25) is 5.91 Å². The number of carbonyl (C=O) groups is 1. The largest absolute Gasteiger partial charge is 0.356 e. The number of hydrogen-bond acceptors (Lipinski definition) is 2. The van der Waals surface area contributed by atoms with Crippen LogP contribution in [0.2, 0.25) is 0 Å². The number of carbonyl (C=O) groups excluding carboxylic acids is 1. The van der Waals surface area contributed by atoms with Crippen molar-refractivity contribution in [1.82, 2.24) is 5.32 Å². The van der Waals surface area contributed by atoms with Crippen molar-refractivity contribution < 1.29 is 4.79 Å². The lowest BCUT2D eigenvalue weighted by Crippen LogP contribution is -2.35. The van der Waals surface area contributed by atoms with Crippen LogP contribution in [0, 0.1) is 5.92 Å². The Morgan fingerprint density at radius 2 is 2.25 bits per heavy atom. The third-order valence-electron chi connectivity index (χ3n) is 4.30. The highest BCUT2D eigenvalue weighted by Crippen LogP contribution is 2.28. The van der Waals surface area contributed by atoms with Gasteiger partial charge in [-0.05, 0) is 53.6 Å². The minimum absolute atomic E-state index is 0.255. The summed E-state index contributed by atoms with van der Waals surface area (Å²) >= 11 is 1.80. The maximum atomic E-state index is 11.8. The molecule has 1 aromatic carbocycles. The van der Waals surface area contributed by atoms with Gasteiger partial charge >= 0.3 is 0 Å². The summed E-state index contributed by atoms with van der Waals surface area (Å²) in [7, 11) is 0. The second-order valence-corrected chi connectivity index (χ2v) is 6.53. The monoisotopic (exact) mass is 287 g/mol. The molecular formula is C17H21NOS. The van der Waals surface area contributed by atoms with Gasteiger partial charge in [0.05, 0.1) is 0 Å². The van der Waals surface area contributed by atoms with E-state index in [9.17, 15) is 4.79 Å². The van der Waals surface area contributed by atoms with Gasteiger partial charge < -0.3 is 5.32 Å². The van der Waals surface area contributed by atoms with E-state index in [-0.39, 0.29) is 5.91 Å². The molecule has 1 saturated carbocycles. The Morgan fingerprint density at radius 3 is 2.95 bits per heavy atom. The van der Waals surface area contributed by atoms with E-state index in [0.29, 0.717) is 5.92 Å². The zero-order valence-corrected chi connectivity index (χ0v) is 12.8. The van der Waals surface area contributed by atoms with Crippen LogP contribution in [0.1, 0.15) is 37.3 Å². The lowest BCUT2D eigenvalue weighted by Gasteiger charge is -2.23. The molecule has 2 nitrogen and oxygen atoms in total. The first kappa shape index (κ1) is 13.6. The van der Waals surface area contributed by atoms with Gasteiger partial charge in [-0.25, -0.2) is 0 Å². The number of amides is 1. The molecule has 0 aliphatic heterocycles. The zero-order valence-electron chi connectivity index (χ0n) is 11.9. The predicted octanol–water partition coefficient (Wildman–Crippen LogP) is 3.92. The topological polar surface area (TPSA) is 29.1 Å². The Labute approximate surface area is 124 Å². The fourth-order valence-electron chi connectivity index (χ4n) is 2.68. The van der Waals surface area contributed by atoms with Crippen molar-refractivity contribution in [3.8, 4) is 0 Å². The molecule has 1 aliphatic carbocycles. The first-order chi connectivity index (χ1) is 9.78. The summed E-state index contributed by atoms with van der Waals surface area (Å²) in [5, 5.41) is 6.69. The van der Waals surface area contributed by atoms with E-state index in [1.54, 1.807) is 11.3 Å².